The SMILES string of the molecule is COc1ccc(N2C(=O)c3ccccc3[C@H](C=NCc3cccnc3)C2=O)cc1OC. The first kappa shape index (κ1) is 20.3. The Morgan fingerprint density at radius 2 is 1.84 bits per heavy atom. The molecular weight excluding hydrogens is 394 g/mol. The van der Waals surface area contributed by atoms with Crippen LogP contribution in [0.2, 0.25) is 0 Å². The second-order valence-corrected chi connectivity index (χ2v) is 6.93. The van der Waals surface area contributed by atoms with Crippen LogP contribution in [0.5, 0.6) is 11.5 Å². The molecule has 1 aliphatic rings. The van der Waals surface area contributed by atoms with Crippen molar-refractivity contribution >= 4 is 23.7 Å². The molecule has 1 aliphatic heterocycles. The minimum Gasteiger partial charge on any atom is -0.493 e. The smallest absolute Gasteiger partial charge is 0.265 e. The molecule has 0 spiro atoms. The van der Waals surface area contributed by atoms with Gasteiger partial charge in [-0.25, -0.2) is 4.90 Å². The molecule has 1 atom stereocenters. The number of ether oxygens (including phenoxy) is 2. The maximum Gasteiger partial charge on any atom is 0.265 e. The molecule has 0 aliphatic carbocycles. The van der Waals surface area contributed by atoms with Gasteiger partial charge in [0.05, 0.1) is 32.4 Å². The number of aromatic nitrogens is 1. The average molecular weight is 415 g/mol. The number of pyridine rings is 1. The van der Waals surface area contributed by atoms with Crippen LogP contribution in [0.3, 0.4) is 0 Å². The first-order valence-corrected chi connectivity index (χ1v) is 9.72. The fraction of sp³-hybridized carbons (Fsp3) is 0.167. The zero-order chi connectivity index (χ0) is 21.8. The van der Waals surface area contributed by atoms with Gasteiger partial charge >= 0.3 is 0 Å². The molecule has 7 heteroatoms. The van der Waals surface area contributed by atoms with Crippen molar-refractivity contribution in [2.75, 3.05) is 19.1 Å². The van der Waals surface area contributed by atoms with Gasteiger partial charge in [0, 0.05) is 30.2 Å². The highest BCUT2D eigenvalue weighted by molar-refractivity contribution is 6.29. The average Bonchev–Trinajstić information content (AvgIpc) is 2.82. The number of rotatable bonds is 6. The third-order valence-corrected chi connectivity index (χ3v) is 5.09. The summed E-state index contributed by atoms with van der Waals surface area (Å²) in [7, 11) is 3.03. The summed E-state index contributed by atoms with van der Waals surface area (Å²) in [6.45, 7) is 0.393. The molecule has 4 rings (SSSR count). The van der Waals surface area contributed by atoms with Gasteiger partial charge in [0.2, 0.25) is 5.91 Å². The summed E-state index contributed by atoms with van der Waals surface area (Å²) in [6.07, 6.45) is 5.03. The number of carbonyl (C=O) groups is 2. The molecule has 0 bridgehead atoms. The van der Waals surface area contributed by atoms with E-state index in [-0.39, 0.29) is 11.8 Å². The standard InChI is InChI=1S/C24H21N3O4/c1-30-21-10-9-17(12-22(21)31-2)27-23(28)19-8-4-3-7-18(19)20(24(27)29)15-26-14-16-6-5-11-25-13-16/h3-13,15,20H,14H2,1-2H3/t20-/m0/s1. The van der Waals surface area contributed by atoms with E-state index in [1.54, 1.807) is 55.0 Å². The minimum atomic E-state index is -0.682. The Kier molecular flexibility index (Phi) is 5.75. The van der Waals surface area contributed by atoms with E-state index >= 15 is 0 Å². The summed E-state index contributed by atoms with van der Waals surface area (Å²) in [5.74, 6) is -0.492. The Balaban J connectivity index is 1.72. The van der Waals surface area contributed by atoms with Crippen molar-refractivity contribution in [2.24, 2.45) is 4.99 Å². The molecule has 0 radical (unpaired) electrons. The van der Waals surface area contributed by atoms with E-state index in [2.05, 4.69) is 9.98 Å². The fourth-order valence-corrected chi connectivity index (χ4v) is 3.56. The lowest BCUT2D eigenvalue weighted by Crippen LogP contribution is -2.45. The summed E-state index contributed by atoms with van der Waals surface area (Å²) in [4.78, 5) is 36.3. The fourth-order valence-electron chi connectivity index (χ4n) is 3.56. The molecule has 2 amide bonds. The van der Waals surface area contributed by atoms with Gasteiger partial charge in [0.15, 0.2) is 11.5 Å². The number of fused-ring (bicyclic) bond motifs is 1. The van der Waals surface area contributed by atoms with Crippen LogP contribution in [0.4, 0.5) is 5.69 Å². The molecule has 31 heavy (non-hydrogen) atoms. The van der Waals surface area contributed by atoms with Crippen LogP contribution in [-0.2, 0) is 11.3 Å². The number of carbonyl (C=O) groups excluding carboxylic acids is 2. The molecule has 1 aromatic heterocycles. The second-order valence-electron chi connectivity index (χ2n) is 6.93. The van der Waals surface area contributed by atoms with E-state index in [4.69, 9.17) is 9.47 Å². The molecule has 2 aromatic carbocycles. The van der Waals surface area contributed by atoms with Crippen molar-refractivity contribution in [1.82, 2.24) is 4.98 Å². The molecule has 0 fully saturated rings. The third-order valence-electron chi connectivity index (χ3n) is 5.09. The van der Waals surface area contributed by atoms with Gasteiger partial charge in [-0.2, -0.15) is 0 Å². The molecule has 0 N–H and O–H groups in total. The summed E-state index contributed by atoms with van der Waals surface area (Å²) in [5.41, 5.74) is 2.45. The van der Waals surface area contributed by atoms with Crippen molar-refractivity contribution in [3.63, 3.8) is 0 Å². The molecular formula is C24H21N3O4. The van der Waals surface area contributed by atoms with E-state index in [1.807, 2.05) is 18.2 Å². The number of aliphatic imine (C=N–C) groups is 1. The number of benzene rings is 2. The number of amides is 2. The van der Waals surface area contributed by atoms with Crippen LogP contribution in [0.25, 0.3) is 0 Å². The topological polar surface area (TPSA) is 81.1 Å². The number of nitrogens with zero attached hydrogens (tertiary/aromatic N) is 3. The van der Waals surface area contributed by atoms with Crippen molar-refractivity contribution in [1.29, 1.82) is 0 Å². The lowest BCUT2D eigenvalue weighted by molar-refractivity contribution is -0.118. The van der Waals surface area contributed by atoms with Crippen LogP contribution >= 0.6 is 0 Å². The van der Waals surface area contributed by atoms with E-state index in [1.165, 1.54) is 19.1 Å². The number of anilines is 1. The Bertz CT molecular complexity index is 1140. The van der Waals surface area contributed by atoms with Gasteiger partial charge in [-0.3, -0.25) is 19.6 Å². The predicted octanol–water partition coefficient (Wildman–Crippen LogP) is 3.64. The molecule has 3 aromatic rings. The summed E-state index contributed by atoms with van der Waals surface area (Å²) < 4.78 is 10.6. The maximum atomic E-state index is 13.4. The van der Waals surface area contributed by atoms with E-state index in [0.717, 1.165) is 5.56 Å². The van der Waals surface area contributed by atoms with Crippen molar-refractivity contribution in [3.8, 4) is 11.5 Å². The van der Waals surface area contributed by atoms with E-state index in [0.29, 0.717) is 34.9 Å². The molecule has 2 heterocycles. The zero-order valence-electron chi connectivity index (χ0n) is 17.2. The summed E-state index contributed by atoms with van der Waals surface area (Å²) >= 11 is 0. The Hall–Kier alpha value is -4.00. The maximum absolute atomic E-state index is 13.4. The highest BCUT2D eigenvalue weighted by atomic mass is 16.5. The largest absolute Gasteiger partial charge is 0.493 e. The highest BCUT2D eigenvalue weighted by Crippen LogP contribution is 2.36. The van der Waals surface area contributed by atoms with Gasteiger partial charge in [0.25, 0.3) is 5.91 Å². The Morgan fingerprint density at radius 3 is 2.58 bits per heavy atom. The third kappa shape index (κ3) is 3.90. The number of hydrogen-bond acceptors (Lipinski definition) is 6. The molecule has 156 valence electrons. The van der Waals surface area contributed by atoms with Gasteiger partial charge in [-0.05, 0) is 35.4 Å². The van der Waals surface area contributed by atoms with Gasteiger partial charge in [-0.15, -0.1) is 0 Å². The van der Waals surface area contributed by atoms with Crippen molar-refractivity contribution < 1.29 is 19.1 Å². The van der Waals surface area contributed by atoms with E-state index < -0.39 is 5.92 Å². The van der Waals surface area contributed by atoms with Gasteiger partial charge in [0.1, 0.15) is 0 Å². The van der Waals surface area contributed by atoms with E-state index in [9.17, 15) is 9.59 Å². The number of hydrogen-bond donors (Lipinski definition) is 0. The first-order chi connectivity index (χ1) is 15.1. The summed E-state index contributed by atoms with van der Waals surface area (Å²) in [6, 6.07) is 15.8. The lowest BCUT2D eigenvalue weighted by Gasteiger charge is -2.31. The molecule has 0 saturated heterocycles. The van der Waals surface area contributed by atoms with Crippen LogP contribution in [0.15, 0.2) is 72.0 Å². The van der Waals surface area contributed by atoms with Crippen LogP contribution in [0.1, 0.15) is 27.4 Å². The zero-order valence-corrected chi connectivity index (χ0v) is 17.2. The molecule has 7 nitrogen and oxygen atoms in total. The van der Waals surface area contributed by atoms with Gasteiger partial charge < -0.3 is 9.47 Å². The minimum absolute atomic E-state index is 0.370. The van der Waals surface area contributed by atoms with Crippen LogP contribution < -0.4 is 14.4 Å². The van der Waals surface area contributed by atoms with Gasteiger partial charge in [-0.1, -0.05) is 24.3 Å². The predicted molar refractivity (Wildman–Crippen MR) is 117 cm³/mol. The number of methoxy groups -OCH3 is 2. The monoisotopic (exact) mass is 415 g/mol. The highest BCUT2D eigenvalue weighted by Gasteiger charge is 2.39. The normalized spacial score (nSPS) is 15.8. The summed E-state index contributed by atoms with van der Waals surface area (Å²) in [5, 5.41) is 0. The first-order valence-electron chi connectivity index (χ1n) is 9.72. The molecule has 0 saturated carbocycles. The Labute approximate surface area is 180 Å². The van der Waals surface area contributed by atoms with Crippen molar-refractivity contribution in [2.45, 2.75) is 12.5 Å². The molecule has 0 unspecified atom stereocenters. The Morgan fingerprint density at radius 1 is 1.03 bits per heavy atom. The second kappa shape index (κ2) is 8.79. The van der Waals surface area contributed by atoms with Crippen LogP contribution in [0, 0.1) is 0 Å². The van der Waals surface area contributed by atoms with Crippen LogP contribution in [-0.4, -0.2) is 37.2 Å². The number of imide groups is 1. The van der Waals surface area contributed by atoms with Crippen molar-refractivity contribution in [3.05, 3.63) is 83.7 Å². The lowest BCUT2D eigenvalue weighted by atomic mass is 9.89. The quantitative estimate of drug-likeness (QED) is 0.454.